The van der Waals surface area contributed by atoms with Gasteiger partial charge in [0.1, 0.15) is 30.0 Å². The largest absolute Gasteiger partial charge is 0.480 e. The Morgan fingerprint density at radius 1 is 1.03 bits per heavy atom. The zero-order valence-corrected chi connectivity index (χ0v) is 20.3. The maximum absolute atomic E-state index is 14.4. The summed E-state index contributed by atoms with van der Waals surface area (Å²) in [4.78, 5) is 6.43. The molecule has 3 heterocycles. The molecule has 0 spiro atoms. The van der Waals surface area contributed by atoms with Gasteiger partial charge >= 0.3 is 0 Å². The Labute approximate surface area is 211 Å². The van der Waals surface area contributed by atoms with Gasteiger partial charge < -0.3 is 15.0 Å². The average Bonchev–Trinajstić information content (AvgIpc) is 3.31. The SMILES string of the molecule is CN(C)c1ccc([C@@H]2Oc3ccc(F)cc3C3=C2[C@H](c2ccc(Cl)cc2Cl)n2ncnc2N3)cc1. The standard InChI is InChI=1S/C26H20Cl2FN5O/c1-33(2)17-7-3-14(4-8-17)25-22-23(19-12-16(29)6-10-21(19)35-25)32-26-30-13-31-34(26)24(22)18-9-5-15(27)11-20(18)28/h3-13,24-25H,1-2H3,(H,30,31,32)/t24-,25-/m0/s1. The number of anilines is 2. The highest BCUT2D eigenvalue weighted by Gasteiger charge is 2.41. The predicted molar refractivity (Wildman–Crippen MR) is 136 cm³/mol. The van der Waals surface area contributed by atoms with Crippen molar-refractivity contribution in [3.8, 4) is 5.75 Å². The zero-order valence-electron chi connectivity index (χ0n) is 18.8. The molecule has 176 valence electrons. The number of rotatable bonds is 3. The van der Waals surface area contributed by atoms with E-state index in [2.05, 4.69) is 15.4 Å². The minimum atomic E-state index is -0.485. The fourth-order valence-corrected chi connectivity index (χ4v) is 5.20. The Hall–Kier alpha value is -3.55. The summed E-state index contributed by atoms with van der Waals surface area (Å²) in [7, 11) is 3.99. The van der Waals surface area contributed by atoms with Gasteiger partial charge in [-0.25, -0.2) is 9.07 Å². The minimum absolute atomic E-state index is 0.358. The molecule has 3 aromatic carbocycles. The molecule has 0 aliphatic carbocycles. The number of hydrogen-bond acceptors (Lipinski definition) is 5. The van der Waals surface area contributed by atoms with Gasteiger partial charge in [0.05, 0.1) is 5.70 Å². The fraction of sp³-hybridized carbons (Fsp3) is 0.154. The third kappa shape index (κ3) is 3.63. The highest BCUT2D eigenvalue weighted by molar-refractivity contribution is 6.35. The van der Waals surface area contributed by atoms with Crippen molar-refractivity contribution < 1.29 is 9.13 Å². The van der Waals surface area contributed by atoms with Crippen LogP contribution in [-0.4, -0.2) is 28.9 Å². The Bertz CT molecular complexity index is 1480. The molecular formula is C26H20Cl2FN5O. The lowest BCUT2D eigenvalue weighted by molar-refractivity contribution is 0.222. The number of ether oxygens (including phenoxy) is 1. The van der Waals surface area contributed by atoms with Gasteiger partial charge in [0.15, 0.2) is 0 Å². The minimum Gasteiger partial charge on any atom is -0.480 e. The van der Waals surface area contributed by atoms with E-state index in [1.165, 1.54) is 18.5 Å². The topological polar surface area (TPSA) is 55.2 Å². The Morgan fingerprint density at radius 3 is 2.57 bits per heavy atom. The molecule has 0 radical (unpaired) electrons. The van der Waals surface area contributed by atoms with Crippen LogP contribution in [0.2, 0.25) is 10.0 Å². The van der Waals surface area contributed by atoms with Crippen molar-refractivity contribution in [1.29, 1.82) is 0 Å². The van der Waals surface area contributed by atoms with Crippen molar-refractivity contribution in [3.05, 3.63) is 105 Å². The lowest BCUT2D eigenvalue weighted by Gasteiger charge is -2.39. The van der Waals surface area contributed by atoms with Crippen molar-refractivity contribution in [2.45, 2.75) is 12.1 Å². The van der Waals surface area contributed by atoms with Gasteiger partial charge in [-0.2, -0.15) is 10.1 Å². The van der Waals surface area contributed by atoms with Crippen molar-refractivity contribution in [3.63, 3.8) is 0 Å². The lowest BCUT2D eigenvalue weighted by atomic mass is 9.84. The van der Waals surface area contributed by atoms with Crippen LogP contribution in [0, 0.1) is 5.82 Å². The molecule has 0 fully saturated rings. The van der Waals surface area contributed by atoms with Crippen LogP contribution in [0.15, 0.2) is 72.6 Å². The summed E-state index contributed by atoms with van der Waals surface area (Å²) in [6.45, 7) is 0. The number of hydrogen-bond donors (Lipinski definition) is 1. The summed E-state index contributed by atoms with van der Waals surface area (Å²) in [6, 6.07) is 17.6. The van der Waals surface area contributed by atoms with Gasteiger partial charge in [-0.3, -0.25) is 0 Å². The van der Waals surface area contributed by atoms with E-state index in [0.29, 0.717) is 27.3 Å². The Kier molecular flexibility index (Phi) is 5.20. The maximum Gasteiger partial charge on any atom is 0.226 e. The molecule has 0 amide bonds. The van der Waals surface area contributed by atoms with Crippen molar-refractivity contribution in [2.24, 2.45) is 0 Å². The zero-order chi connectivity index (χ0) is 24.3. The number of fused-ring (bicyclic) bond motifs is 3. The molecule has 1 aromatic heterocycles. The van der Waals surface area contributed by atoms with Crippen LogP contribution in [0.5, 0.6) is 5.75 Å². The molecule has 9 heteroatoms. The van der Waals surface area contributed by atoms with Gasteiger partial charge in [0.2, 0.25) is 5.95 Å². The second-order valence-corrected chi connectivity index (χ2v) is 9.52. The molecule has 0 unspecified atom stereocenters. The van der Waals surface area contributed by atoms with E-state index in [1.807, 2.05) is 49.3 Å². The van der Waals surface area contributed by atoms with Crippen LogP contribution in [0.1, 0.15) is 28.8 Å². The van der Waals surface area contributed by atoms with Crippen LogP contribution in [0.25, 0.3) is 5.70 Å². The second-order valence-electron chi connectivity index (χ2n) is 8.68. The fourth-order valence-electron chi connectivity index (χ4n) is 4.69. The summed E-state index contributed by atoms with van der Waals surface area (Å²) in [5.74, 6) is 0.745. The molecular weight excluding hydrogens is 488 g/mol. The molecule has 6 rings (SSSR count). The molecule has 2 aliphatic heterocycles. The highest BCUT2D eigenvalue weighted by atomic mass is 35.5. The van der Waals surface area contributed by atoms with Crippen molar-refractivity contribution in [1.82, 2.24) is 14.8 Å². The quantitative estimate of drug-likeness (QED) is 0.350. The summed E-state index contributed by atoms with van der Waals surface area (Å²) >= 11 is 12.9. The summed E-state index contributed by atoms with van der Waals surface area (Å²) in [5, 5.41) is 8.88. The molecule has 0 saturated heterocycles. The van der Waals surface area contributed by atoms with Crippen LogP contribution in [0.4, 0.5) is 16.0 Å². The molecule has 35 heavy (non-hydrogen) atoms. The predicted octanol–water partition coefficient (Wildman–Crippen LogP) is 6.35. The van der Waals surface area contributed by atoms with Crippen LogP contribution >= 0.6 is 23.2 Å². The first kappa shape index (κ1) is 21.9. The van der Waals surface area contributed by atoms with E-state index in [9.17, 15) is 4.39 Å². The number of aromatic nitrogens is 3. The lowest BCUT2D eigenvalue weighted by Crippen LogP contribution is -2.32. The molecule has 1 N–H and O–H groups in total. The number of nitrogens with one attached hydrogen (secondary N) is 1. The van der Waals surface area contributed by atoms with E-state index in [1.54, 1.807) is 22.9 Å². The van der Waals surface area contributed by atoms with Crippen LogP contribution in [0.3, 0.4) is 0 Å². The number of benzene rings is 3. The smallest absolute Gasteiger partial charge is 0.226 e. The van der Waals surface area contributed by atoms with E-state index in [-0.39, 0.29) is 5.82 Å². The first-order valence-electron chi connectivity index (χ1n) is 11.0. The van der Waals surface area contributed by atoms with Gasteiger partial charge in [0.25, 0.3) is 0 Å². The highest BCUT2D eigenvalue weighted by Crippen LogP contribution is 2.51. The second kappa shape index (κ2) is 8.29. The van der Waals surface area contributed by atoms with E-state index >= 15 is 0 Å². The third-order valence-corrected chi connectivity index (χ3v) is 6.91. The number of halogens is 3. The van der Waals surface area contributed by atoms with Crippen LogP contribution < -0.4 is 15.0 Å². The summed E-state index contributed by atoms with van der Waals surface area (Å²) < 4.78 is 22.7. The normalized spacial score (nSPS) is 18.2. The van der Waals surface area contributed by atoms with Crippen molar-refractivity contribution in [2.75, 3.05) is 24.3 Å². The monoisotopic (exact) mass is 507 g/mol. The molecule has 6 nitrogen and oxygen atoms in total. The first-order chi connectivity index (χ1) is 16.9. The summed E-state index contributed by atoms with van der Waals surface area (Å²) in [5.41, 5.74) is 4.99. The molecule has 0 bridgehead atoms. The van der Waals surface area contributed by atoms with Crippen LogP contribution in [-0.2, 0) is 0 Å². The molecule has 0 saturated carbocycles. The number of nitrogens with zero attached hydrogens (tertiary/aromatic N) is 4. The Balaban J connectivity index is 1.61. The summed E-state index contributed by atoms with van der Waals surface area (Å²) in [6.07, 6.45) is 0.993. The van der Waals surface area contributed by atoms with Gasteiger partial charge in [0, 0.05) is 41.0 Å². The molecule has 4 aromatic rings. The maximum atomic E-state index is 14.4. The van der Waals surface area contributed by atoms with Gasteiger partial charge in [-0.1, -0.05) is 41.4 Å². The van der Waals surface area contributed by atoms with Gasteiger partial charge in [-0.15, -0.1) is 0 Å². The van der Waals surface area contributed by atoms with Crippen molar-refractivity contribution >= 4 is 40.5 Å². The molecule has 2 atom stereocenters. The first-order valence-corrected chi connectivity index (χ1v) is 11.8. The van der Waals surface area contributed by atoms with E-state index in [0.717, 1.165) is 28.1 Å². The van der Waals surface area contributed by atoms with E-state index < -0.39 is 12.1 Å². The van der Waals surface area contributed by atoms with E-state index in [4.69, 9.17) is 27.9 Å². The third-order valence-electron chi connectivity index (χ3n) is 6.35. The Morgan fingerprint density at radius 2 is 1.83 bits per heavy atom. The molecule has 2 aliphatic rings. The van der Waals surface area contributed by atoms with Gasteiger partial charge in [-0.05, 0) is 53.6 Å². The average molecular weight is 508 g/mol.